The number of aryl methyl sites for hydroxylation is 2. The lowest BCUT2D eigenvalue weighted by Crippen LogP contribution is -2.05. The molecule has 0 aromatic heterocycles. The van der Waals surface area contributed by atoms with E-state index in [1.807, 2.05) is 55.5 Å². The van der Waals surface area contributed by atoms with Crippen molar-refractivity contribution < 1.29 is 4.79 Å². The molecule has 0 heterocycles. The summed E-state index contributed by atoms with van der Waals surface area (Å²) in [6.45, 7) is 4.05. The topological polar surface area (TPSA) is 29.1 Å². The van der Waals surface area contributed by atoms with E-state index in [0.29, 0.717) is 16.1 Å². The van der Waals surface area contributed by atoms with Gasteiger partial charge in [-0.05, 0) is 48.7 Å². The molecule has 0 radical (unpaired) electrons. The van der Waals surface area contributed by atoms with Gasteiger partial charge >= 0.3 is 0 Å². The Bertz CT molecular complexity index is 917. The molecule has 0 bridgehead atoms. The molecule has 2 nitrogen and oxygen atoms in total. The molecule has 0 fully saturated rings. The summed E-state index contributed by atoms with van der Waals surface area (Å²) in [4.78, 5) is 12.8. The van der Waals surface area contributed by atoms with Gasteiger partial charge in [0.25, 0.3) is 0 Å². The minimum absolute atomic E-state index is 0.0522. The maximum atomic E-state index is 12.8. The maximum absolute atomic E-state index is 12.8. The number of ketones is 1. The molecule has 0 unspecified atom stereocenters. The third-order valence-electron chi connectivity index (χ3n) is 4.28. The molecule has 0 amide bonds. The molecular weight excluding hydrogens is 330 g/mol. The van der Waals surface area contributed by atoms with Gasteiger partial charge in [-0.2, -0.15) is 0 Å². The van der Waals surface area contributed by atoms with Crippen molar-refractivity contribution in [2.75, 3.05) is 5.32 Å². The predicted octanol–water partition coefficient (Wildman–Crippen LogP) is 6.19. The number of hydrogen-bond donors (Lipinski definition) is 1. The molecule has 0 spiro atoms. The molecule has 0 atom stereocenters. The van der Waals surface area contributed by atoms with Crippen LogP contribution in [0.3, 0.4) is 0 Å². The van der Waals surface area contributed by atoms with Crippen molar-refractivity contribution in [3.05, 3.63) is 94.0 Å². The van der Waals surface area contributed by atoms with Gasteiger partial charge in [-0.25, -0.2) is 0 Å². The van der Waals surface area contributed by atoms with Crippen molar-refractivity contribution in [2.45, 2.75) is 20.3 Å². The standard InChI is InChI=1S/C22H20ClNO/c1-3-16-9-5-7-11-21(16)24-17-12-13-19(20(23)14-17)22(25)18-10-6-4-8-15(18)2/h4-14,24H,3H2,1-2H3. The third-order valence-corrected chi connectivity index (χ3v) is 4.59. The summed E-state index contributed by atoms with van der Waals surface area (Å²) in [5, 5.41) is 3.84. The second-order valence-electron chi connectivity index (χ2n) is 5.97. The molecule has 0 aliphatic heterocycles. The highest BCUT2D eigenvalue weighted by atomic mass is 35.5. The summed E-state index contributed by atoms with van der Waals surface area (Å²) in [6.07, 6.45) is 0.945. The Morgan fingerprint density at radius 1 is 0.960 bits per heavy atom. The monoisotopic (exact) mass is 349 g/mol. The zero-order valence-corrected chi connectivity index (χ0v) is 15.1. The second-order valence-corrected chi connectivity index (χ2v) is 6.38. The van der Waals surface area contributed by atoms with Crippen LogP contribution in [0, 0.1) is 6.92 Å². The highest BCUT2D eigenvalue weighted by Crippen LogP contribution is 2.27. The van der Waals surface area contributed by atoms with Crippen molar-refractivity contribution >= 4 is 28.8 Å². The summed E-state index contributed by atoms with van der Waals surface area (Å²) >= 11 is 6.41. The molecule has 1 N–H and O–H groups in total. The number of halogens is 1. The van der Waals surface area contributed by atoms with Crippen molar-refractivity contribution in [3.63, 3.8) is 0 Å². The fourth-order valence-electron chi connectivity index (χ4n) is 2.86. The zero-order chi connectivity index (χ0) is 17.8. The number of hydrogen-bond acceptors (Lipinski definition) is 2. The van der Waals surface area contributed by atoms with Crippen LogP contribution in [0.15, 0.2) is 66.7 Å². The molecule has 3 aromatic rings. The molecule has 0 saturated carbocycles. The van der Waals surface area contributed by atoms with Gasteiger partial charge in [0.05, 0.1) is 5.02 Å². The highest BCUT2D eigenvalue weighted by molar-refractivity contribution is 6.35. The van der Waals surface area contributed by atoms with Crippen LogP contribution in [0.4, 0.5) is 11.4 Å². The molecule has 0 aliphatic rings. The van der Waals surface area contributed by atoms with Gasteiger partial charge in [-0.15, -0.1) is 0 Å². The van der Waals surface area contributed by atoms with Crippen molar-refractivity contribution in [2.24, 2.45) is 0 Å². The van der Waals surface area contributed by atoms with Crippen LogP contribution in [0.5, 0.6) is 0 Å². The van der Waals surface area contributed by atoms with E-state index in [2.05, 4.69) is 18.3 Å². The van der Waals surface area contributed by atoms with Gasteiger partial charge < -0.3 is 5.32 Å². The van der Waals surface area contributed by atoms with Crippen molar-refractivity contribution in [3.8, 4) is 0 Å². The van der Waals surface area contributed by atoms with Gasteiger partial charge in [0, 0.05) is 22.5 Å². The highest BCUT2D eigenvalue weighted by Gasteiger charge is 2.15. The molecule has 3 rings (SSSR count). The van der Waals surface area contributed by atoms with Crippen molar-refractivity contribution in [1.82, 2.24) is 0 Å². The number of anilines is 2. The lowest BCUT2D eigenvalue weighted by molar-refractivity contribution is 0.103. The molecule has 25 heavy (non-hydrogen) atoms. The first kappa shape index (κ1) is 17.2. The smallest absolute Gasteiger partial charge is 0.194 e. The first-order valence-electron chi connectivity index (χ1n) is 8.35. The number of carbonyl (C=O) groups excluding carboxylic acids is 1. The Kier molecular flexibility index (Phi) is 5.20. The number of nitrogens with one attached hydrogen (secondary N) is 1. The van der Waals surface area contributed by atoms with Crippen LogP contribution in [0.25, 0.3) is 0 Å². The fraction of sp³-hybridized carbons (Fsp3) is 0.136. The van der Waals surface area contributed by atoms with Gasteiger partial charge in [-0.1, -0.05) is 61.0 Å². The number of benzene rings is 3. The first-order chi connectivity index (χ1) is 12.1. The summed E-state index contributed by atoms with van der Waals surface area (Å²) < 4.78 is 0. The maximum Gasteiger partial charge on any atom is 0.194 e. The van der Waals surface area contributed by atoms with Crippen LogP contribution in [0.1, 0.15) is 34.0 Å². The average molecular weight is 350 g/mol. The molecular formula is C22H20ClNO. The number of para-hydroxylation sites is 1. The molecule has 126 valence electrons. The average Bonchev–Trinajstić information content (AvgIpc) is 2.62. The molecule has 3 heteroatoms. The van der Waals surface area contributed by atoms with E-state index in [1.54, 1.807) is 12.1 Å². The normalized spacial score (nSPS) is 10.5. The third kappa shape index (κ3) is 3.75. The van der Waals surface area contributed by atoms with Crippen LogP contribution < -0.4 is 5.32 Å². The zero-order valence-electron chi connectivity index (χ0n) is 14.3. The fourth-order valence-corrected chi connectivity index (χ4v) is 3.12. The Balaban J connectivity index is 1.89. The van der Waals surface area contributed by atoms with Crippen LogP contribution in [-0.2, 0) is 6.42 Å². The summed E-state index contributed by atoms with van der Waals surface area (Å²) in [6, 6.07) is 21.2. The van der Waals surface area contributed by atoms with Gasteiger partial charge in [0.2, 0.25) is 0 Å². The van der Waals surface area contributed by atoms with E-state index in [9.17, 15) is 4.79 Å². The molecule has 0 aliphatic carbocycles. The second kappa shape index (κ2) is 7.54. The Labute approximate surface area is 153 Å². The van der Waals surface area contributed by atoms with Crippen molar-refractivity contribution in [1.29, 1.82) is 0 Å². The SMILES string of the molecule is CCc1ccccc1Nc1ccc(C(=O)c2ccccc2C)c(Cl)c1. The van der Waals surface area contributed by atoms with E-state index >= 15 is 0 Å². The van der Waals surface area contributed by atoms with E-state index < -0.39 is 0 Å². The minimum Gasteiger partial charge on any atom is -0.355 e. The minimum atomic E-state index is -0.0522. The van der Waals surface area contributed by atoms with Crippen LogP contribution >= 0.6 is 11.6 Å². The van der Waals surface area contributed by atoms with Crippen LogP contribution in [0.2, 0.25) is 5.02 Å². The largest absolute Gasteiger partial charge is 0.355 e. The Hall–Kier alpha value is -2.58. The Morgan fingerprint density at radius 3 is 2.40 bits per heavy atom. The lowest BCUT2D eigenvalue weighted by Gasteiger charge is -2.13. The van der Waals surface area contributed by atoms with Gasteiger partial charge in [0.15, 0.2) is 5.78 Å². The summed E-state index contributed by atoms with van der Waals surface area (Å²) in [7, 11) is 0. The van der Waals surface area contributed by atoms with E-state index in [4.69, 9.17) is 11.6 Å². The quantitative estimate of drug-likeness (QED) is 0.557. The van der Waals surface area contributed by atoms with E-state index in [0.717, 1.165) is 23.4 Å². The van der Waals surface area contributed by atoms with E-state index in [-0.39, 0.29) is 5.78 Å². The van der Waals surface area contributed by atoms with Gasteiger partial charge in [-0.3, -0.25) is 4.79 Å². The molecule has 0 saturated heterocycles. The predicted molar refractivity (Wildman–Crippen MR) is 105 cm³/mol. The first-order valence-corrected chi connectivity index (χ1v) is 8.72. The molecule has 3 aromatic carbocycles. The summed E-state index contributed by atoms with van der Waals surface area (Å²) in [5.41, 5.74) is 5.30. The van der Waals surface area contributed by atoms with Gasteiger partial charge in [0.1, 0.15) is 0 Å². The Morgan fingerprint density at radius 2 is 1.68 bits per heavy atom. The van der Waals surface area contributed by atoms with E-state index in [1.165, 1.54) is 5.56 Å². The van der Waals surface area contributed by atoms with Crippen LogP contribution in [-0.4, -0.2) is 5.78 Å². The lowest BCUT2D eigenvalue weighted by atomic mass is 9.99. The number of carbonyl (C=O) groups is 1. The summed E-state index contributed by atoms with van der Waals surface area (Å²) in [5.74, 6) is -0.0522. The number of rotatable bonds is 5.